The minimum Gasteiger partial charge on any atom is -0.490 e. The molecular formula is C53H42O6. The quantitative estimate of drug-likeness (QED) is 0.0909. The number of esters is 2. The van der Waals surface area contributed by atoms with E-state index in [9.17, 15) is 9.59 Å². The highest BCUT2D eigenvalue weighted by molar-refractivity contribution is 5.96. The van der Waals surface area contributed by atoms with Crippen LogP contribution in [0, 0.1) is 13.8 Å². The van der Waals surface area contributed by atoms with Crippen molar-refractivity contribution in [3.05, 3.63) is 214 Å². The summed E-state index contributed by atoms with van der Waals surface area (Å²) < 4.78 is 23.6. The van der Waals surface area contributed by atoms with Crippen molar-refractivity contribution in [1.82, 2.24) is 0 Å². The monoisotopic (exact) mass is 774 g/mol. The van der Waals surface area contributed by atoms with Gasteiger partial charge in [-0.1, -0.05) is 133 Å². The van der Waals surface area contributed by atoms with Gasteiger partial charge in [0.25, 0.3) is 0 Å². The van der Waals surface area contributed by atoms with Gasteiger partial charge in [0, 0.05) is 0 Å². The zero-order valence-electron chi connectivity index (χ0n) is 32.9. The SMILES string of the molecule is Cc1cc(C2(c3ccc(OCCOC(=O)c4ccc5ccccc5c4)c(C)c3)c3ccccc3-c3ccccc32)ccc1OCCOC(=O)c1ccc2ccccc2c1. The Kier molecular flexibility index (Phi) is 10.1. The third-order valence-corrected chi connectivity index (χ3v) is 11.3. The average Bonchev–Trinajstić information content (AvgIpc) is 3.58. The van der Waals surface area contributed by atoms with Crippen molar-refractivity contribution in [3.63, 3.8) is 0 Å². The molecule has 9 rings (SSSR count). The van der Waals surface area contributed by atoms with E-state index in [-0.39, 0.29) is 38.4 Å². The molecular weight excluding hydrogens is 733 g/mol. The van der Waals surface area contributed by atoms with E-state index in [0.717, 1.165) is 55.3 Å². The molecule has 0 amide bonds. The van der Waals surface area contributed by atoms with Crippen LogP contribution in [-0.4, -0.2) is 38.4 Å². The number of ether oxygens (including phenoxy) is 4. The number of aryl methyl sites for hydroxylation is 2. The molecule has 0 aliphatic heterocycles. The van der Waals surface area contributed by atoms with Crippen molar-refractivity contribution < 1.29 is 28.5 Å². The van der Waals surface area contributed by atoms with Crippen LogP contribution in [0.25, 0.3) is 32.7 Å². The number of carbonyl (C=O) groups is 2. The largest absolute Gasteiger partial charge is 0.490 e. The summed E-state index contributed by atoms with van der Waals surface area (Å²) in [7, 11) is 0. The molecule has 1 aliphatic carbocycles. The molecule has 0 saturated heterocycles. The highest BCUT2D eigenvalue weighted by atomic mass is 16.6. The minimum absolute atomic E-state index is 0.123. The van der Waals surface area contributed by atoms with Crippen molar-refractivity contribution in [1.29, 1.82) is 0 Å². The molecule has 0 aromatic heterocycles. The van der Waals surface area contributed by atoms with Crippen LogP contribution in [0.5, 0.6) is 11.5 Å². The van der Waals surface area contributed by atoms with Crippen molar-refractivity contribution in [2.75, 3.05) is 26.4 Å². The van der Waals surface area contributed by atoms with Crippen LogP contribution in [0.4, 0.5) is 0 Å². The van der Waals surface area contributed by atoms with Crippen LogP contribution in [0.2, 0.25) is 0 Å². The third kappa shape index (κ3) is 7.08. The van der Waals surface area contributed by atoms with Crippen molar-refractivity contribution in [2.24, 2.45) is 0 Å². The summed E-state index contributed by atoms with van der Waals surface area (Å²) in [6.07, 6.45) is 0. The molecule has 1 aliphatic rings. The average molecular weight is 775 g/mol. The Labute approximate surface area is 343 Å². The second-order valence-electron chi connectivity index (χ2n) is 14.9. The lowest BCUT2D eigenvalue weighted by molar-refractivity contribution is 0.0442. The zero-order chi connectivity index (χ0) is 40.3. The van der Waals surface area contributed by atoms with E-state index in [4.69, 9.17) is 18.9 Å². The third-order valence-electron chi connectivity index (χ3n) is 11.3. The Morgan fingerprint density at radius 1 is 0.424 bits per heavy atom. The maximum Gasteiger partial charge on any atom is 0.338 e. The van der Waals surface area contributed by atoms with Crippen molar-refractivity contribution >= 4 is 33.5 Å². The summed E-state index contributed by atoms with van der Waals surface area (Å²) in [6, 6.07) is 57.0. The number of benzene rings is 8. The van der Waals surface area contributed by atoms with E-state index in [1.165, 1.54) is 22.3 Å². The molecule has 290 valence electrons. The van der Waals surface area contributed by atoms with Gasteiger partial charge >= 0.3 is 11.9 Å². The van der Waals surface area contributed by atoms with Crippen LogP contribution < -0.4 is 9.47 Å². The molecule has 0 atom stereocenters. The fourth-order valence-corrected chi connectivity index (χ4v) is 8.48. The van der Waals surface area contributed by atoms with Crippen LogP contribution in [0.1, 0.15) is 54.1 Å². The summed E-state index contributed by atoms with van der Waals surface area (Å²) >= 11 is 0. The fraction of sp³-hybridized carbons (Fsp3) is 0.132. The van der Waals surface area contributed by atoms with Crippen LogP contribution in [0.15, 0.2) is 170 Å². The number of fused-ring (bicyclic) bond motifs is 5. The number of hydrogen-bond acceptors (Lipinski definition) is 6. The predicted molar refractivity (Wildman–Crippen MR) is 233 cm³/mol. The van der Waals surface area contributed by atoms with Gasteiger partial charge in [0.2, 0.25) is 0 Å². The summed E-state index contributed by atoms with van der Waals surface area (Å²) in [6.45, 7) is 4.79. The number of rotatable bonds is 12. The van der Waals surface area contributed by atoms with E-state index >= 15 is 0 Å². The summed E-state index contributed by atoms with van der Waals surface area (Å²) in [5.41, 5.74) is 9.35. The molecule has 0 bridgehead atoms. The van der Waals surface area contributed by atoms with Gasteiger partial charge in [-0.25, -0.2) is 9.59 Å². The van der Waals surface area contributed by atoms with Gasteiger partial charge in [-0.05, 0) is 116 Å². The molecule has 0 radical (unpaired) electrons. The van der Waals surface area contributed by atoms with Gasteiger partial charge in [0.05, 0.1) is 16.5 Å². The Bertz CT molecular complexity index is 2680. The van der Waals surface area contributed by atoms with Gasteiger partial charge in [-0.2, -0.15) is 0 Å². The highest BCUT2D eigenvalue weighted by Crippen LogP contribution is 2.56. The lowest BCUT2D eigenvalue weighted by atomic mass is 9.67. The topological polar surface area (TPSA) is 71.1 Å². The Hall–Kier alpha value is -7.18. The smallest absolute Gasteiger partial charge is 0.338 e. The van der Waals surface area contributed by atoms with Gasteiger partial charge < -0.3 is 18.9 Å². The molecule has 6 nitrogen and oxygen atoms in total. The molecule has 6 heteroatoms. The molecule has 59 heavy (non-hydrogen) atoms. The van der Waals surface area contributed by atoms with E-state index in [2.05, 4.69) is 86.6 Å². The molecule has 8 aromatic rings. The maximum atomic E-state index is 12.8. The predicted octanol–water partition coefficient (Wildman–Crippen LogP) is 11.4. The first-order valence-corrected chi connectivity index (χ1v) is 19.9. The highest BCUT2D eigenvalue weighted by Gasteiger charge is 2.46. The van der Waals surface area contributed by atoms with Crippen molar-refractivity contribution in [2.45, 2.75) is 19.3 Å². The van der Waals surface area contributed by atoms with Gasteiger partial charge in [0.15, 0.2) is 0 Å². The first-order valence-electron chi connectivity index (χ1n) is 19.9. The maximum absolute atomic E-state index is 12.8. The lowest BCUT2D eigenvalue weighted by Crippen LogP contribution is -2.29. The zero-order valence-corrected chi connectivity index (χ0v) is 32.9. The van der Waals surface area contributed by atoms with Crippen molar-refractivity contribution in [3.8, 4) is 22.6 Å². The molecule has 8 aromatic carbocycles. The van der Waals surface area contributed by atoms with Crippen LogP contribution in [0.3, 0.4) is 0 Å². The standard InChI is InChI=1S/C53H42O6/c1-35-31-43(23-25-49(35)56-27-29-58-51(54)41-21-19-37-11-3-5-13-39(37)33-41)53(47-17-9-7-15-45(47)46-16-8-10-18-48(46)53)44-24-26-50(36(2)32-44)57-28-30-59-52(55)42-22-20-38-12-4-6-14-40(38)34-42/h3-26,31-34H,27-30H2,1-2H3. The van der Waals surface area contributed by atoms with Gasteiger partial charge in [-0.15, -0.1) is 0 Å². The normalized spacial score (nSPS) is 12.4. The molecule has 0 saturated carbocycles. The van der Waals surface area contributed by atoms with E-state index in [1.807, 2.05) is 84.9 Å². The first kappa shape index (κ1) is 37.4. The molecule has 0 heterocycles. The molecule has 0 unspecified atom stereocenters. The number of carbonyl (C=O) groups excluding carboxylic acids is 2. The van der Waals surface area contributed by atoms with E-state index < -0.39 is 5.41 Å². The van der Waals surface area contributed by atoms with Gasteiger partial charge in [0.1, 0.15) is 37.9 Å². The summed E-state index contributed by atoms with van der Waals surface area (Å²) in [4.78, 5) is 25.7. The second kappa shape index (κ2) is 16.0. The summed E-state index contributed by atoms with van der Waals surface area (Å²) in [5, 5.41) is 4.13. The molecule has 0 N–H and O–H groups in total. The number of hydrogen-bond donors (Lipinski definition) is 0. The molecule has 0 fully saturated rings. The fourth-order valence-electron chi connectivity index (χ4n) is 8.48. The molecule has 0 spiro atoms. The first-order chi connectivity index (χ1) is 28.9. The Morgan fingerprint density at radius 2 is 0.831 bits per heavy atom. The minimum atomic E-state index is -0.620. The second-order valence-corrected chi connectivity index (χ2v) is 14.9. The van der Waals surface area contributed by atoms with E-state index in [1.54, 1.807) is 12.1 Å². The van der Waals surface area contributed by atoms with Crippen LogP contribution >= 0.6 is 0 Å². The Morgan fingerprint density at radius 3 is 1.27 bits per heavy atom. The van der Waals surface area contributed by atoms with Crippen LogP contribution in [-0.2, 0) is 14.9 Å². The van der Waals surface area contributed by atoms with E-state index in [0.29, 0.717) is 11.1 Å². The lowest BCUT2D eigenvalue weighted by Gasteiger charge is -2.34. The Balaban J connectivity index is 0.932. The van der Waals surface area contributed by atoms with Gasteiger partial charge in [-0.3, -0.25) is 0 Å². The summed E-state index contributed by atoms with van der Waals surface area (Å²) in [5.74, 6) is 0.705.